The smallest absolute Gasteiger partial charge is 0.181 e. The van der Waals surface area contributed by atoms with Gasteiger partial charge in [0.15, 0.2) is 11.6 Å². The lowest BCUT2D eigenvalue weighted by molar-refractivity contribution is 0.437. The van der Waals surface area contributed by atoms with Gasteiger partial charge in [0.05, 0.1) is 10.0 Å². The largest absolute Gasteiger partial charge is 0.454 e. The molecule has 0 N–H and O–H groups in total. The van der Waals surface area contributed by atoms with Gasteiger partial charge in [-0.3, -0.25) is 0 Å². The Kier molecular flexibility index (Phi) is 4.08. The summed E-state index contributed by atoms with van der Waals surface area (Å²) in [7, 11) is 0. The zero-order valence-corrected chi connectivity index (χ0v) is 12.2. The Bertz CT molecular complexity index is 682. The Balaban J connectivity index is 2.42. The van der Waals surface area contributed by atoms with Crippen molar-refractivity contribution in [2.45, 2.75) is 6.92 Å². The van der Waals surface area contributed by atoms with Crippen molar-refractivity contribution in [1.29, 1.82) is 5.26 Å². The number of nitriles is 1. The molecule has 0 aliphatic rings. The van der Waals surface area contributed by atoms with Crippen LogP contribution in [0, 0.1) is 24.1 Å². The normalized spacial score (nSPS) is 10.1. The molecule has 96 valence electrons. The first kappa shape index (κ1) is 13.9. The van der Waals surface area contributed by atoms with Crippen LogP contribution in [0.5, 0.6) is 11.5 Å². The van der Waals surface area contributed by atoms with Gasteiger partial charge in [-0.25, -0.2) is 4.39 Å². The average Bonchev–Trinajstić information content (AvgIpc) is 2.39. The summed E-state index contributed by atoms with van der Waals surface area (Å²) in [4.78, 5) is 0. The number of halogens is 3. The number of ether oxygens (including phenoxy) is 1. The maximum absolute atomic E-state index is 14.0. The summed E-state index contributed by atoms with van der Waals surface area (Å²) in [5.74, 6) is -0.0994. The van der Waals surface area contributed by atoms with Gasteiger partial charge in [0, 0.05) is 5.02 Å². The van der Waals surface area contributed by atoms with Gasteiger partial charge in [-0.1, -0.05) is 17.7 Å². The summed E-state index contributed by atoms with van der Waals surface area (Å²) in [5, 5.41) is 9.31. The van der Waals surface area contributed by atoms with Gasteiger partial charge >= 0.3 is 0 Å². The van der Waals surface area contributed by atoms with Crippen LogP contribution in [0.15, 0.2) is 34.8 Å². The van der Waals surface area contributed by atoms with Crippen LogP contribution in [0.4, 0.5) is 4.39 Å². The fourth-order valence-electron chi connectivity index (χ4n) is 1.50. The first-order chi connectivity index (χ1) is 9.02. The van der Waals surface area contributed by atoms with E-state index in [1.165, 1.54) is 12.1 Å². The van der Waals surface area contributed by atoms with E-state index in [-0.39, 0.29) is 15.8 Å². The van der Waals surface area contributed by atoms with Gasteiger partial charge in [0.1, 0.15) is 11.8 Å². The molecule has 0 fully saturated rings. The molecule has 0 bridgehead atoms. The third-order valence-electron chi connectivity index (χ3n) is 2.54. The molecule has 0 aliphatic heterocycles. The van der Waals surface area contributed by atoms with Gasteiger partial charge in [0.25, 0.3) is 0 Å². The predicted molar refractivity (Wildman–Crippen MR) is 75.1 cm³/mol. The molecule has 0 heterocycles. The Hall–Kier alpha value is -1.57. The predicted octanol–water partition coefficient (Wildman–Crippen LogP) is 5.21. The van der Waals surface area contributed by atoms with Crippen LogP contribution in [0.25, 0.3) is 0 Å². The summed E-state index contributed by atoms with van der Waals surface area (Å²) < 4.78 is 19.6. The Morgan fingerprint density at radius 1 is 1.26 bits per heavy atom. The van der Waals surface area contributed by atoms with Crippen molar-refractivity contribution in [2.24, 2.45) is 0 Å². The van der Waals surface area contributed by atoms with Crippen LogP contribution >= 0.6 is 27.5 Å². The second-order valence-corrected chi connectivity index (χ2v) is 5.09. The van der Waals surface area contributed by atoms with Crippen molar-refractivity contribution in [3.63, 3.8) is 0 Å². The molecule has 0 atom stereocenters. The van der Waals surface area contributed by atoms with Crippen molar-refractivity contribution in [3.8, 4) is 17.6 Å². The fraction of sp³-hybridized carbons (Fsp3) is 0.0714. The van der Waals surface area contributed by atoms with E-state index < -0.39 is 5.82 Å². The average molecular weight is 341 g/mol. The second kappa shape index (κ2) is 5.60. The molecule has 0 saturated carbocycles. The Morgan fingerprint density at radius 2 is 2.00 bits per heavy atom. The molecule has 5 heteroatoms. The molecule has 2 aromatic rings. The van der Waals surface area contributed by atoms with Gasteiger partial charge in [-0.2, -0.15) is 5.26 Å². The van der Waals surface area contributed by atoms with Crippen LogP contribution in [0.2, 0.25) is 5.02 Å². The molecule has 2 rings (SSSR count). The summed E-state index contributed by atoms with van der Waals surface area (Å²) in [6.07, 6.45) is 0. The summed E-state index contributed by atoms with van der Waals surface area (Å²) in [5.41, 5.74) is 1.05. The molecule has 2 nitrogen and oxygen atoms in total. The molecule has 0 unspecified atom stereocenters. The summed E-state index contributed by atoms with van der Waals surface area (Å²) in [6.45, 7) is 1.84. The standard InChI is InChI=1S/C14H8BrClFNO/c1-8-2-4-10(16)6-12(8)19-11-5-3-9(7-18)13(15)14(11)17/h2-6H,1H3. The van der Waals surface area contributed by atoms with Gasteiger partial charge in [-0.15, -0.1) is 0 Å². The van der Waals surface area contributed by atoms with E-state index in [1.807, 2.05) is 13.0 Å². The molecular formula is C14H8BrClFNO. The van der Waals surface area contributed by atoms with Crippen LogP contribution in [-0.2, 0) is 0 Å². The van der Waals surface area contributed by atoms with E-state index in [9.17, 15) is 4.39 Å². The maximum atomic E-state index is 14.0. The van der Waals surface area contributed by atoms with Crippen LogP contribution in [0.3, 0.4) is 0 Å². The van der Waals surface area contributed by atoms with Crippen molar-refractivity contribution >= 4 is 27.5 Å². The van der Waals surface area contributed by atoms with Crippen LogP contribution in [0.1, 0.15) is 11.1 Å². The maximum Gasteiger partial charge on any atom is 0.181 e. The van der Waals surface area contributed by atoms with E-state index in [0.29, 0.717) is 10.8 Å². The molecule has 0 spiro atoms. The summed E-state index contributed by atoms with van der Waals surface area (Å²) in [6, 6.07) is 9.92. The molecule has 0 amide bonds. The number of hydrogen-bond donors (Lipinski definition) is 0. The monoisotopic (exact) mass is 339 g/mol. The highest BCUT2D eigenvalue weighted by Crippen LogP contribution is 2.33. The third kappa shape index (κ3) is 2.89. The number of rotatable bonds is 2. The lowest BCUT2D eigenvalue weighted by Gasteiger charge is -2.11. The SMILES string of the molecule is Cc1ccc(Cl)cc1Oc1ccc(C#N)c(Br)c1F. The lowest BCUT2D eigenvalue weighted by atomic mass is 10.2. The number of hydrogen-bond acceptors (Lipinski definition) is 2. The van der Waals surface area contributed by atoms with Crippen molar-refractivity contribution in [2.75, 3.05) is 0 Å². The zero-order chi connectivity index (χ0) is 14.0. The molecule has 2 aromatic carbocycles. The highest BCUT2D eigenvalue weighted by Gasteiger charge is 2.13. The second-order valence-electron chi connectivity index (χ2n) is 3.86. The molecule has 0 aliphatic carbocycles. The molecule has 0 radical (unpaired) electrons. The molecular weight excluding hydrogens is 333 g/mol. The molecule has 19 heavy (non-hydrogen) atoms. The lowest BCUT2D eigenvalue weighted by Crippen LogP contribution is -1.93. The highest BCUT2D eigenvalue weighted by molar-refractivity contribution is 9.10. The van der Waals surface area contributed by atoms with Crippen molar-refractivity contribution in [3.05, 3.63) is 56.8 Å². The van der Waals surface area contributed by atoms with E-state index >= 15 is 0 Å². The topological polar surface area (TPSA) is 33.0 Å². The van der Waals surface area contributed by atoms with Crippen LogP contribution < -0.4 is 4.74 Å². The minimum Gasteiger partial charge on any atom is -0.454 e. The Labute approximate surface area is 123 Å². The van der Waals surface area contributed by atoms with Crippen LogP contribution in [-0.4, -0.2) is 0 Å². The van der Waals surface area contributed by atoms with E-state index in [4.69, 9.17) is 21.6 Å². The van der Waals surface area contributed by atoms with Gasteiger partial charge in [-0.05, 0) is 52.7 Å². The summed E-state index contributed by atoms with van der Waals surface area (Å²) >= 11 is 8.91. The first-order valence-electron chi connectivity index (χ1n) is 5.35. The molecule has 0 aromatic heterocycles. The van der Waals surface area contributed by atoms with Crippen molar-refractivity contribution < 1.29 is 9.13 Å². The zero-order valence-electron chi connectivity index (χ0n) is 9.88. The first-order valence-corrected chi connectivity index (χ1v) is 6.52. The number of nitrogens with zero attached hydrogens (tertiary/aromatic N) is 1. The van der Waals surface area contributed by atoms with E-state index in [0.717, 1.165) is 5.56 Å². The Morgan fingerprint density at radius 3 is 2.68 bits per heavy atom. The van der Waals surface area contributed by atoms with E-state index in [1.54, 1.807) is 18.2 Å². The van der Waals surface area contributed by atoms with Crippen molar-refractivity contribution in [1.82, 2.24) is 0 Å². The van der Waals surface area contributed by atoms with Gasteiger partial charge in [0.2, 0.25) is 0 Å². The quantitative estimate of drug-likeness (QED) is 0.751. The number of benzene rings is 2. The fourth-order valence-corrected chi connectivity index (χ4v) is 2.08. The minimum atomic E-state index is -0.613. The minimum absolute atomic E-state index is 0.0382. The third-order valence-corrected chi connectivity index (χ3v) is 3.55. The highest BCUT2D eigenvalue weighted by atomic mass is 79.9. The van der Waals surface area contributed by atoms with Gasteiger partial charge < -0.3 is 4.74 Å². The number of aryl methyl sites for hydroxylation is 1. The molecule has 0 saturated heterocycles. The van der Waals surface area contributed by atoms with E-state index in [2.05, 4.69) is 15.9 Å².